The van der Waals surface area contributed by atoms with Crippen LogP contribution < -0.4 is 20.1 Å². The second kappa shape index (κ2) is 11.0. The van der Waals surface area contributed by atoms with Crippen molar-refractivity contribution in [1.82, 2.24) is 5.32 Å². The fraction of sp³-hybridized carbons (Fsp3) is 0.0800. The third-order valence-corrected chi connectivity index (χ3v) is 6.15. The number of rotatable bonds is 7. The number of carbonyl (C=O) groups excluding carboxylic acids is 2. The van der Waals surface area contributed by atoms with Gasteiger partial charge in [0.15, 0.2) is 11.8 Å². The fourth-order valence-electron chi connectivity index (χ4n) is 2.99. The Morgan fingerprint density at radius 2 is 1.88 bits per heavy atom. The Labute approximate surface area is 209 Å². The van der Waals surface area contributed by atoms with Crippen molar-refractivity contribution in [2.45, 2.75) is 0 Å². The summed E-state index contributed by atoms with van der Waals surface area (Å²) in [6.07, 6.45) is 1.77. The Morgan fingerprint density at radius 1 is 1.12 bits per heavy atom. The number of anilines is 1. The molecule has 0 aliphatic carbocycles. The number of thioether (sulfide) groups is 1. The van der Waals surface area contributed by atoms with E-state index in [-0.39, 0.29) is 18.4 Å². The van der Waals surface area contributed by atoms with Gasteiger partial charge in [0.05, 0.1) is 22.2 Å². The monoisotopic (exact) mass is 537 g/mol. The van der Waals surface area contributed by atoms with Gasteiger partial charge in [0.25, 0.3) is 11.8 Å². The van der Waals surface area contributed by atoms with Crippen LogP contribution in [0.3, 0.4) is 0 Å². The van der Waals surface area contributed by atoms with Crippen LogP contribution in [0.5, 0.6) is 11.5 Å². The smallest absolute Gasteiger partial charge is 0.264 e. The normalized spacial score (nSPS) is 15.3. The molecule has 7 nitrogen and oxygen atoms in total. The molecule has 34 heavy (non-hydrogen) atoms. The quantitative estimate of drug-likeness (QED) is 0.395. The number of nitrogens with one attached hydrogen (secondary N) is 2. The number of aliphatic imine (C=N–C) groups is 1. The molecule has 0 radical (unpaired) electrons. The van der Waals surface area contributed by atoms with E-state index in [0.29, 0.717) is 31.7 Å². The molecule has 3 aromatic carbocycles. The molecule has 0 unspecified atom stereocenters. The number of amides is 2. The average Bonchev–Trinajstić information content (AvgIpc) is 3.18. The molecule has 1 saturated heterocycles. The molecule has 1 aliphatic heterocycles. The maximum Gasteiger partial charge on any atom is 0.264 e. The molecular formula is C25H20BrN3O4S. The molecule has 1 fully saturated rings. The molecule has 4 rings (SSSR count). The highest BCUT2D eigenvalue weighted by Gasteiger charge is 2.24. The highest BCUT2D eigenvalue weighted by Crippen LogP contribution is 2.31. The molecule has 3 aromatic rings. The number of benzene rings is 3. The maximum absolute atomic E-state index is 12.4. The minimum absolute atomic E-state index is 0.128. The van der Waals surface area contributed by atoms with Gasteiger partial charge < -0.3 is 20.1 Å². The summed E-state index contributed by atoms with van der Waals surface area (Å²) < 4.78 is 11.4. The van der Waals surface area contributed by atoms with E-state index in [0.717, 1.165) is 11.3 Å². The van der Waals surface area contributed by atoms with E-state index in [2.05, 4.69) is 31.6 Å². The topological polar surface area (TPSA) is 89.0 Å². The molecule has 0 aromatic heterocycles. The van der Waals surface area contributed by atoms with Crippen LogP contribution in [-0.4, -0.2) is 30.7 Å². The summed E-state index contributed by atoms with van der Waals surface area (Å²) >= 11 is 4.73. The van der Waals surface area contributed by atoms with Crippen molar-refractivity contribution >= 4 is 62.1 Å². The predicted octanol–water partition coefficient (Wildman–Crippen LogP) is 5.37. The van der Waals surface area contributed by atoms with Crippen molar-refractivity contribution in [2.24, 2.45) is 4.99 Å². The van der Waals surface area contributed by atoms with E-state index in [1.54, 1.807) is 31.4 Å². The van der Waals surface area contributed by atoms with E-state index in [4.69, 9.17) is 9.47 Å². The van der Waals surface area contributed by atoms with Crippen LogP contribution in [0, 0.1) is 0 Å². The van der Waals surface area contributed by atoms with E-state index >= 15 is 0 Å². The number of halogens is 1. The zero-order chi connectivity index (χ0) is 23.9. The first-order chi connectivity index (χ1) is 16.5. The van der Waals surface area contributed by atoms with Crippen molar-refractivity contribution in [3.05, 3.63) is 87.7 Å². The Kier molecular flexibility index (Phi) is 7.66. The van der Waals surface area contributed by atoms with Crippen molar-refractivity contribution < 1.29 is 19.1 Å². The van der Waals surface area contributed by atoms with E-state index < -0.39 is 0 Å². The van der Waals surface area contributed by atoms with Crippen molar-refractivity contribution in [1.29, 1.82) is 0 Å². The lowest BCUT2D eigenvalue weighted by atomic mass is 10.2. The van der Waals surface area contributed by atoms with Gasteiger partial charge >= 0.3 is 0 Å². The Hall–Kier alpha value is -3.56. The molecule has 9 heteroatoms. The maximum atomic E-state index is 12.4. The largest absolute Gasteiger partial charge is 0.497 e. The first kappa shape index (κ1) is 23.6. The van der Waals surface area contributed by atoms with Gasteiger partial charge in [0.1, 0.15) is 11.5 Å². The van der Waals surface area contributed by atoms with Gasteiger partial charge in [0.2, 0.25) is 0 Å². The van der Waals surface area contributed by atoms with Crippen LogP contribution in [0.2, 0.25) is 0 Å². The third-order valence-electron chi connectivity index (χ3n) is 4.62. The number of methoxy groups -OCH3 is 1. The lowest BCUT2D eigenvalue weighted by Crippen LogP contribution is -2.20. The van der Waals surface area contributed by atoms with Gasteiger partial charge in [-0.2, -0.15) is 0 Å². The summed E-state index contributed by atoms with van der Waals surface area (Å²) in [4.78, 5) is 29.5. The molecule has 0 bridgehead atoms. The third kappa shape index (κ3) is 6.27. The number of hydrogen-bond donors (Lipinski definition) is 2. The van der Waals surface area contributed by atoms with Gasteiger partial charge in [-0.15, -0.1) is 0 Å². The summed E-state index contributed by atoms with van der Waals surface area (Å²) in [6, 6.07) is 21.8. The zero-order valence-electron chi connectivity index (χ0n) is 18.1. The first-order valence-corrected chi connectivity index (χ1v) is 11.8. The highest BCUT2D eigenvalue weighted by atomic mass is 79.9. The van der Waals surface area contributed by atoms with Crippen molar-refractivity contribution in [3.63, 3.8) is 0 Å². The molecule has 0 atom stereocenters. The lowest BCUT2D eigenvalue weighted by molar-refractivity contribution is -0.118. The van der Waals surface area contributed by atoms with E-state index in [1.807, 2.05) is 54.6 Å². The number of carbonyl (C=O) groups is 2. The molecule has 2 N–H and O–H groups in total. The number of ether oxygens (including phenoxy) is 2. The summed E-state index contributed by atoms with van der Waals surface area (Å²) in [7, 11) is 1.60. The molecule has 1 heterocycles. The SMILES string of the molecule is COc1ccc(N=C2NC(=O)/C(=C\c3ccc(OCC(=O)Nc4ccccc4)c(Br)c3)S2)cc1. The Balaban J connectivity index is 1.38. The standard InChI is InChI=1S/C25H20BrN3O4S/c1-32-19-10-8-18(9-11-19)28-25-29-24(31)22(34-25)14-16-7-12-21(20(26)13-16)33-15-23(30)27-17-5-3-2-4-6-17/h2-14H,15H2,1H3,(H,27,30)(H,28,29,31)/b22-14+. The van der Waals surface area contributed by atoms with Gasteiger partial charge in [-0.05, 0) is 87.9 Å². The van der Waals surface area contributed by atoms with Crippen molar-refractivity contribution in [2.75, 3.05) is 19.0 Å². The number of para-hydroxylation sites is 1. The molecule has 2 amide bonds. The van der Waals surface area contributed by atoms with Crippen LogP contribution in [0.15, 0.2) is 87.2 Å². The minimum Gasteiger partial charge on any atom is -0.497 e. The van der Waals surface area contributed by atoms with Gasteiger partial charge in [-0.1, -0.05) is 24.3 Å². The van der Waals surface area contributed by atoms with Crippen LogP contribution in [0.4, 0.5) is 11.4 Å². The molecule has 1 aliphatic rings. The lowest BCUT2D eigenvalue weighted by Gasteiger charge is -2.09. The molecule has 172 valence electrons. The number of nitrogens with zero attached hydrogens (tertiary/aromatic N) is 1. The van der Waals surface area contributed by atoms with Crippen LogP contribution in [-0.2, 0) is 9.59 Å². The predicted molar refractivity (Wildman–Crippen MR) is 139 cm³/mol. The summed E-state index contributed by atoms with van der Waals surface area (Å²) in [5.74, 6) is 0.788. The van der Waals surface area contributed by atoms with E-state index in [9.17, 15) is 9.59 Å². The van der Waals surface area contributed by atoms with Crippen molar-refractivity contribution in [3.8, 4) is 11.5 Å². The first-order valence-electron chi connectivity index (χ1n) is 10.2. The van der Waals surface area contributed by atoms with E-state index in [1.165, 1.54) is 11.8 Å². The van der Waals surface area contributed by atoms with Crippen LogP contribution in [0.1, 0.15) is 5.56 Å². The van der Waals surface area contributed by atoms with Crippen LogP contribution >= 0.6 is 27.7 Å². The Morgan fingerprint density at radius 3 is 2.59 bits per heavy atom. The van der Waals surface area contributed by atoms with Gasteiger partial charge in [-0.3, -0.25) is 9.59 Å². The molecular weight excluding hydrogens is 518 g/mol. The Bertz CT molecular complexity index is 1260. The molecule has 0 spiro atoms. The summed E-state index contributed by atoms with van der Waals surface area (Å²) in [5, 5.41) is 6.05. The fourth-order valence-corrected chi connectivity index (χ4v) is 4.34. The average molecular weight is 538 g/mol. The van der Waals surface area contributed by atoms with Gasteiger partial charge in [-0.25, -0.2) is 4.99 Å². The minimum atomic E-state index is -0.257. The summed E-state index contributed by atoms with van der Waals surface area (Å²) in [5.41, 5.74) is 2.22. The second-order valence-corrected chi connectivity index (χ2v) is 8.96. The zero-order valence-corrected chi connectivity index (χ0v) is 20.5. The highest BCUT2D eigenvalue weighted by molar-refractivity contribution is 9.10. The number of hydrogen-bond acceptors (Lipinski definition) is 6. The number of amidine groups is 1. The molecule has 0 saturated carbocycles. The van der Waals surface area contributed by atoms with Gasteiger partial charge in [0, 0.05) is 5.69 Å². The summed E-state index contributed by atoms with van der Waals surface area (Å²) in [6.45, 7) is -0.128. The van der Waals surface area contributed by atoms with Crippen LogP contribution in [0.25, 0.3) is 6.08 Å². The second-order valence-electron chi connectivity index (χ2n) is 7.07.